The number of methoxy groups -OCH3 is 1. The molecule has 1 saturated carbocycles. The van der Waals surface area contributed by atoms with Gasteiger partial charge in [0.15, 0.2) is 0 Å². The third-order valence-corrected chi connectivity index (χ3v) is 4.10. The van der Waals surface area contributed by atoms with Crippen LogP contribution in [0.5, 0.6) is 0 Å². The quantitative estimate of drug-likeness (QED) is 0.744. The molecule has 0 aromatic carbocycles. The Balaban J connectivity index is 2.55. The smallest absolute Gasteiger partial charge is 0.0589 e. The molecule has 1 fully saturated rings. The normalized spacial score (nSPS) is 20.1. The van der Waals surface area contributed by atoms with Crippen LogP contribution in [0, 0.1) is 5.41 Å². The molecule has 0 saturated heterocycles. The number of rotatable bonds is 7. The van der Waals surface area contributed by atoms with Gasteiger partial charge in [0.25, 0.3) is 0 Å². The predicted molar refractivity (Wildman–Crippen MR) is 71.2 cm³/mol. The van der Waals surface area contributed by atoms with E-state index in [0.29, 0.717) is 12.6 Å². The number of aliphatic hydroxyl groups is 1. The van der Waals surface area contributed by atoms with E-state index in [1.807, 2.05) is 0 Å². The second-order valence-corrected chi connectivity index (χ2v) is 5.78. The number of hydrogen-bond donors (Lipinski definition) is 1. The Kier molecular flexibility index (Phi) is 6.45. The van der Waals surface area contributed by atoms with Gasteiger partial charge in [-0.15, -0.1) is 0 Å². The summed E-state index contributed by atoms with van der Waals surface area (Å²) in [4.78, 5) is 2.45. The van der Waals surface area contributed by atoms with Crippen molar-refractivity contribution in [1.29, 1.82) is 0 Å². The molecule has 0 heterocycles. The Morgan fingerprint density at radius 2 is 1.88 bits per heavy atom. The molecule has 0 atom stereocenters. The van der Waals surface area contributed by atoms with Gasteiger partial charge in [-0.3, -0.25) is 4.90 Å². The van der Waals surface area contributed by atoms with Crippen molar-refractivity contribution in [2.24, 2.45) is 5.41 Å². The molecule has 17 heavy (non-hydrogen) atoms. The van der Waals surface area contributed by atoms with Crippen LogP contribution in [-0.2, 0) is 4.74 Å². The van der Waals surface area contributed by atoms with E-state index in [0.717, 1.165) is 19.7 Å². The molecule has 102 valence electrons. The van der Waals surface area contributed by atoms with Crippen molar-refractivity contribution in [3.63, 3.8) is 0 Å². The maximum Gasteiger partial charge on any atom is 0.0589 e. The second-order valence-electron chi connectivity index (χ2n) is 5.78. The monoisotopic (exact) mass is 243 g/mol. The standard InChI is InChI=1S/C14H29NO2/c1-13(2)15(9-10-17-3)11-14(12-16)7-5-4-6-8-14/h13,16H,4-12H2,1-3H3. The van der Waals surface area contributed by atoms with Gasteiger partial charge in [0, 0.05) is 38.3 Å². The van der Waals surface area contributed by atoms with Crippen molar-refractivity contribution in [3.8, 4) is 0 Å². The second kappa shape index (κ2) is 7.34. The first-order valence-corrected chi connectivity index (χ1v) is 6.97. The molecular formula is C14H29NO2. The molecule has 0 amide bonds. The van der Waals surface area contributed by atoms with Crippen molar-refractivity contribution in [3.05, 3.63) is 0 Å². The van der Waals surface area contributed by atoms with Crippen LogP contribution < -0.4 is 0 Å². The fourth-order valence-corrected chi connectivity index (χ4v) is 2.83. The van der Waals surface area contributed by atoms with Crippen LogP contribution in [0.1, 0.15) is 46.0 Å². The van der Waals surface area contributed by atoms with Crippen molar-refractivity contribution >= 4 is 0 Å². The molecule has 0 radical (unpaired) electrons. The van der Waals surface area contributed by atoms with Gasteiger partial charge in [0.05, 0.1) is 6.61 Å². The summed E-state index contributed by atoms with van der Waals surface area (Å²) >= 11 is 0. The third-order valence-electron chi connectivity index (χ3n) is 4.10. The summed E-state index contributed by atoms with van der Waals surface area (Å²) in [7, 11) is 1.75. The van der Waals surface area contributed by atoms with Crippen molar-refractivity contribution in [2.45, 2.75) is 52.0 Å². The SMILES string of the molecule is COCCN(CC1(CO)CCCCC1)C(C)C. The molecule has 1 aliphatic carbocycles. The molecule has 3 nitrogen and oxygen atoms in total. The fraction of sp³-hybridized carbons (Fsp3) is 1.00. The van der Waals surface area contributed by atoms with E-state index in [-0.39, 0.29) is 5.41 Å². The summed E-state index contributed by atoms with van der Waals surface area (Å²) in [5.41, 5.74) is 0.149. The predicted octanol–water partition coefficient (Wildman–Crippen LogP) is 2.29. The van der Waals surface area contributed by atoms with Gasteiger partial charge in [-0.2, -0.15) is 0 Å². The zero-order valence-electron chi connectivity index (χ0n) is 11.7. The van der Waals surface area contributed by atoms with Crippen LogP contribution in [0.25, 0.3) is 0 Å². The van der Waals surface area contributed by atoms with Gasteiger partial charge < -0.3 is 9.84 Å². The third kappa shape index (κ3) is 4.57. The van der Waals surface area contributed by atoms with Gasteiger partial charge in [-0.05, 0) is 26.7 Å². The molecular weight excluding hydrogens is 214 g/mol. The molecule has 3 heteroatoms. The summed E-state index contributed by atoms with van der Waals surface area (Å²) in [6.07, 6.45) is 6.24. The minimum atomic E-state index is 0.149. The van der Waals surface area contributed by atoms with E-state index >= 15 is 0 Å². The highest BCUT2D eigenvalue weighted by Crippen LogP contribution is 2.36. The van der Waals surface area contributed by atoms with E-state index in [1.54, 1.807) is 7.11 Å². The van der Waals surface area contributed by atoms with Crippen LogP contribution in [0.15, 0.2) is 0 Å². The maximum atomic E-state index is 9.74. The van der Waals surface area contributed by atoms with Crippen molar-refractivity contribution in [2.75, 3.05) is 33.4 Å². The van der Waals surface area contributed by atoms with E-state index < -0.39 is 0 Å². The number of aliphatic hydroxyl groups excluding tert-OH is 1. The summed E-state index contributed by atoms with van der Waals surface area (Å²) in [5.74, 6) is 0. The summed E-state index contributed by atoms with van der Waals surface area (Å²) in [6, 6.07) is 0.524. The maximum absolute atomic E-state index is 9.74. The lowest BCUT2D eigenvalue weighted by molar-refractivity contribution is 0.0204. The van der Waals surface area contributed by atoms with Crippen molar-refractivity contribution < 1.29 is 9.84 Å². The van der Waals surface area contributed by atoms with Gasteiger partial charge in [-0.25, -0.2) is 0 Å². The van der Waals surface area contributed by atoms with E-state index in [2.05, 4.69) is 18.7 Å². The Hall–Kier alpha value is -0.120. The van der Waals surface area contributed by atoms with Crippen LogP contribution in [0.4, 0.5) is 0 Å². The Labute approximate surface area is 106 Å². The highest BCUT2D eigenvalue weighted by Gasteiger charge is 2.33. The van der Waals surface area contributed by atoms with Crippen molar-refractivity contribution in [1.82, 2.24) is 4.90 Å². The summed E-state index contributed by atoms with van der Waals surface area (Å²) in [6.45, 7) is 7.55. The van der Waals surface area contributed by atoms with Gasteiger partial charge in [0.2, 0.25) is 0 Å². The zero-order valence-corrected chi connectivity index (χ0v) is 11.7. The Morgan fingerprint density at radius 3 is 2.35 bits per heavy atom. The summed E-state index contributed by atoms with van der Waals surface area (Å²) in [5, 5.41) is 9.74. The highest BCUT2D eigenvalue weighted by molar-refractivity contribution is 4.86. The zero-order chi connectivity index (χ0) is 12.7. The first-order chi connectivity index (χ1) is 8.13. The lowest BCUT2D eigenvalue weighted by Crippen LogP contribution is -2.45. The molecule has 1 N–H and O–H groups in total. The van der Waals surface area contributed by atoms with Crippen LogP contribution >= 0.6 is 0 Å². The lowest BCUT2D eigenvalue weighted by Gasteiger charge is -2.41. The number of ether oxygens (including phenoxy) is 1. The summed E-state index contributed by atoms with van der Waals surface area (Å²) < 4.78 is 5.17. The molecule has 1 rings (SSSR count). The molecule has 0 unspecified atom stereocenters. The van der Waals surface area contributed by atoms with Gasteiger partial charge in [-0.1, -0.05) is 19.3 Å². The minimum Gasteiger partial charge on any atom is -0.396 e. The highest BCUT2D eigenvalue weighted by atomic mass is 16.5. The van der Waals surface area contributed by atoms with Gasteiger partial charge >= 0.3 is 0 Å². The molecule has 0 spiro atoms. The topological polar surface area (TPSA) is 32.7 Å². The Morgan fingerprint density at radius 1 is 1.24 bits per heavy atom. The van der Waals surface area contributed by atoms with E-state index in [9.17, 15) is 5.11 Å². The molecule has 1 aliphatic rings. The van der Waals surface area contributed by atoms with E-state index in [4.69, 9.17) is 4.74 Å². The molecule has 0 aromatic heterocycles. The van der Waals surface area contributed by atoms with Gasteiger partial charge in [0.1, 0.15) is 0 Å². The van der Waals surface area contributed by atoms with Crippen LogP contribution in [-0.4, -0.2) is 49.5 Å². The molecule has 0 aliphatic heterocycles. The first kappa shape index (κ1) is 14.9. The lowest BCUT2D eigenvalue weighted by atomic mass is 9.74. The Bertz CT molecular complexity index is 200. The molecule has 0 aromatic rings. The average Bonchev–Trinajstić information content (AvgIpc) is 2.35. The average molecular weight is 243 g/mol. The largest absolute Gasteiger partial charge is 0.396 e. The van der Waals surface area contributed by atoms with Crippen LogP contribution in [0.3, 0.4) is 0 Å². The number of hydrogen-bond acceptors (Lipinski definition) is 3. The fourth-order valence-electron chi connectivity index (χ4n) is 2.83. The minimum absolute atomic E-state index is 0.149. The molecule has 0 bridgehead atoms. The van der Waals surface area contributed by atoms with E-state index in [1.165, 1.54) is 32.1 Å². The first-order valence-electron chi connectivity index (χ1n) is 6.97. The van der Waals surface area contributed by atoms with Crippen LogP contribution in [0.2, 0.25) is 0 Å². The number of nitrogens with zero attached hydrogens (tertiary/aromatic N) is 1.